The first-order valence-corrected chi connectivity index (χ1v) is 5.97. The van der Waals surface area contributed by atoms with E-state index in [2.05, 4.69) is 17.1 Å². The first kappa shape index (κ1) is 12.5. The van der Waals surface area contributed by atoms with Crippen LogP contribution < -0.4 is 5.32 Å². The minimum Gasteiger partial charge on any atom is -0.336 e. The second-order valence-corrected chi connectivity index (χ2v) is 5.13. The van der Waals surface area contributed by atoms with Gasteiger partial charge in [0.1, 0.15) is 0 Å². The van der Waals surface area contributed by atoms with Crippen molar-refractivity contribution in [3.63, 3.8) is 0 Å². The van der Waals surface area contributed by atoms with Gasteiger partial charge in [0.2, 0.25) is 5.91 Å². The molecule has 3 heteroatoms. The summed E-state index contributed by atoms with van der Waals surface area (Å²) in [6.45, 7) is 7.98. The van der Waals surface area contributed by atoms with Crippen LogP contribution in [0.4, 0.5) is 0 Å². The van der Waals surface area contributed by atoms with Gasteiger partial charge in [-0.1, -0.05) is 13.8 Å². The largest absolute Gasteiger partial charge is 0.336 e. The summed E-state index contributed by atoms with van der Waals surface area (Å²) in [6.07, 6.45) is 3.50. The summed E-state index contributed by atoms with van der Waals surface area (Å²) in [5, 5.41) is 3.21. The monoisotopic (exact) mass is 212 g/mol. The number of carbonyl (C=O) groups excluding carboxylic acids is 1. The molecule has 3 nitrogen and oxygen atoms in total. The Kier molecular flexibility index (Phi) is 4.14. The Morgan fingerprint density at radius 2 is 2.13 bits per heavy atom. The molecule has 1 rings (SSSR count). The lowest BCUT2D eigenvalue weighted by atomic mass is 9.87. The molecule has 0 spiro atoms. The van der Waals surface area contributed by atoms with Gasteiger partial charge in [0.25, 0.3) is 0 Å². The predicted molar refractivity (Wildman–Crippen MR) is 62.7 cm³/mol. The zero-order chi connectivity index (χ0) is 11.5. The molecule has 1 saturated heterocycles. The van der Waals surface area contributed by atoms with E-state index in [1.54, 1.807) is 0 Å². The van der Waals surface area contributed by atoms with Gasteiger partial charge in [-0.25, -0.2) is 0 Å². The lowest BCUT2D eigenvalue weighted by molar-refractivity contribution is -0.142. The van der Waals surface area contributed by atoms with Gasteiger partial charge in [-0.05, 0) is 33.2 Å². The average molecular weight is 212 g/mol. The Labute approximate surface area is 93.2 Å². The molecule has 1 aliphatic rings. The molecule has 15 heavy (non-hydrogen) atoms. The number of rotatable bonds is 3. The molecular weight excluding hydrogens is 188 g/mol. The predicted octanol–water partition coefficient (Wildman–Crippen LogP) is 1.63. The van der Waals surface area contributed by atoms with E-state index in [9.17, 15) is 4.79 Å². The van der Waals surface area contributed by atoms with Crippen LogP contribution >= 0.6 is 0 Å². The molecule has 0 aromatic carbocycles. The van der Waals surface area contributed by atoms with Crippen molar-refractivity contribution in [2.24, 2.45) is 5.92 Å². The lowest BCUT2D eigenvalue weighted by Gasteiger charge is -2.45. The SMILES string of the molecule is CNCC1(C)CCCCN1C(=O)C(C)C. The molecule has 0 bridgehead atoms. The van der Waals surface area contributed by atoms with Crippen molar-refractivity contribution in [3.8, 4) is 0 Å². The van der Waals surface area contributed by atoms with Crippen LogP contribution in [0.3, 0.4) is 0 Å². The highest BCUT2D eigenvalue weighted by atomic mass is 16.2. The zero-order valence-corrected chi connectivity index (χ0v) is 10.5. The maximum absolute atomic E-state index is 12.1. The van der Waals surface area contributed by atoms with E-state index < -0.39 is 0 Å². The summed E-state index contributed by atoms with van der Waals surface area (Å²) in [5.74, 6) is 0.409. The minimum absolute atomic E-state index is 0.0222. The van der Waals surface area contributed by atoms with E-state index in [4.69, 9.17) is 0 Å². The molecule has 1 heterocycles. The third-order valence-electron chi connectivity index (χ3n) is 3.32. The standard InChI is InChI=1S/C12H24N2O/c1-10(2)11(15)14-8-6-5-7-12(14,3)9-13-4/h10,13H,5-9H2,1-4H3. The summed E-state index contributed by atoms with van der Waals surface area (Å²) in [5.41, 5.74) is 0.0222. The number of piperidine rings is 1. The van der Waals surface area contributed by atoms with Gasteiger partial charge in [0, 0.05) is 19.0 Å². The number of nitrogens with zero attached hydrogens (tertiary/aromatic N) is 1. The third-order valence-corrected chi connectivity index (χ3v) is 3.32. The van der Waals surface area contributed by atoms with Gasteiger partial charge in [-0.15, -0.1) is 0 Å². The van der Waals surface area contributed by atoms with Crippen molar-refractivity contribution in [3.05, 3.63) is 0 Å². The summed E-state index contributed by atoms with van der Waals surface area (Å²) in [7, 11) is 1.96. The number of likely N-dealkylation sites (N-methyl/N-ethyl adjacent to an activating group) is 1. The van der Waals surface area contributed by atoms with Crippen molar-refractivity contribution >= 4 is 5.91 Å². The molecule has 88 valence electrons. The number of likely N-dealkylation sites (tertiary alicyclic amines) is 1. The maximum Gasteiger partial charge on any atom is 0.225 e. The number of nitrogens with one attached hydrogen (secondary N) is 1. The Bertz CT molecular complexity index is 224. The summed E-state index contributed by atoms with van der Waals surface area (Å²) < 4.78 is 0. The van der Waals surface area contributed by atoms with Gasteiger partial charge in [-0.3, -0.25) is 4.79 Å². The fourth-order valence-corrected chi connectivity index (χ4v) is 2.43. The topological polar surface area (TPSA) is 32.3 Å². The second-order valence-electron chi connectivity index (χ2n) is 5.13. The molecule has 1 atom stereocenters. The Morgan fingerprint density at radius 3 is 2.67 bits per heavy atom. The minimum atomic E-state index is 0.0222. The maximum atomic E-state index is 12.1. The highest BCUT2D eigenvalue weighted by molar-refractivity contribution is 5.79. The lowest BCUT2D eigenvalue weighted by Crippen LogP contribution is -2.58. The molecule has 1 N–H and O–H groups in total. The van der Waals surface area contributed by atoms with Crippen LogP contribution in [0.1, 0.15) is 40.0 Å². The molecule has 0 aliphatic carbocycles. The van der Waals surface area contributed by atoms with Crippen molar-refractivity contribution in [1.82, 2.24) is 10.2 Å². The highest BCUT2D eigenvalue weighted by Crippen LogP contribution is 2.28. The molecule has 1 unspecified atom stereocenters. The summed E-state index contributed by atoms with van der Waals surface area (Å²) in [4.78, 5) is 14.2. The quantitative estimate of drug-likeness (QED) is 0.771. The third kappa shape index (κ3) is 2.71. The molecule has 0 aromatic rings. The van der Waals surface area contributed by atoms with E-state index in [-0.39, 0.29) is 11.5 Å². The van der Waals surface area contributed by atoms with Gasteiger partial charge in [-0.2, -0.15) is 0 Å². The fourth-order valence-electron chi connectivity index (χ4n) is 2.43. The van der Waals surface area contributed by atoms with Gasteiger partial charge < -0.3 is 10.2 Å². The van der Waals surface area contributed by atoms with E-state index in [0.717, 1.165) is 25.9 Å². The van der Waals surface area contributed by atoms with E-state index in [1.807, 2.05) is 20.9 Å². The van der Waals surface area contributed by atoms with Crippen LogP contribution in [0.5, 0.6) is 0 Å². The molecule has 1 amide bonds. The number of amides is 1. The molecule has 1 fully saturated rings. The normalized spacial score (nSPS) is 27.1. The smallest absolute Gasteiger partial charge is 0.225 e. The van der Waals surface area contributed by atoms with Gasteiger partial charge in [0.15, 0.2) is 0 Å². The summed E-state index contributed by atoms with van der Waals surface area (Å²) >= 11 is 0. The first-order valence-electron chi connectivity index (χ1n) is 5.97. The first-order chi connectivity index (χ1) is 7.01. The molecular formula is C12H24N2O. The fraction of sp³-hybridized carbons (Fsp3) is 0.917. The van der Waals surface area contributed by atoms with E-state index in [1.165, 1.54) is 6.42 Å². The Morgan fingerprint density at radius 1 is 1.47 bits per heavy atom. The van der Waals surface area contributed by atoms with Crippen LogP contribution in [-0.4, -0.2) is 36.5 Å². The Hall–Kier alpha value is -0.570. The average Bonchev–Trinajstić information content (AvgIpc) is 2.17. The van der Waals surface area contributed by atoms with Crippen molar-refractivity contribution < 1.29 is 4.79 Å². The van der Waals surface area contributed by atoms with Crippen LogP contribution in [0.15, 0.2) is 0 Å². The number of hydrogen-bond donors (Lipinski definition) is 1. The highest BCUT2D eigenvalue weighted by Gasteiger charge is 2.37. The van der Waals surface area contributed by atoms with Crippen LogP contribution in [0.2, 0.25) is 0 Å². The van der Waals surface area contributed by atoms with Crippen molar-refractivity contribution in [1.29, 1.82) is 0 Å². The van der Waals surface area contributed by atoms with Gasteiger partial charge in [0.05, 0.1) is 5.54 Å². The van der Waals surface area contributed by atoms with Crippen molar-refractivity contribution in [2.45, 2.75) is 45.6 Å². The molecule has 0 aromatic heterocycles. The molecule has 0 radical (unpaired) electrons. The number of hydrogen-bond acceptors (Lipinski definition) is 2. The Balaban J connectivity index is 2.77. The van der Waals surface area contributed by atoms with Crippen molar-refractivity contribution in [2.75, 3.05) is 20.1 Å². The van der Waals surface area contributed by atoms with Crippen LogP contribution in [0.25, 0.3) is 0 Å². The number of carbonyl (C=O) groups is 1. The molecule has 0 saturated carbocycles. The van der Waals surface area contributed by atoms with E-state index >= 15 is 0 Å². The summed E-state index contributed by atoms with van der Waals surface area (Å²) in [6, 6.07) is 0. The second kappa shape index (κ2) is 4.97. The van der Waals surface area contributed by atoms with Gasteiger partial charge >= 0.3 is 0 Å². The van der Waals surface area contributed by atoms with Crippen LogP contribution in [0, 0.1) is 5.92 Å². The van der Waals surface area contributed by atoms with E-state index in [0.29, 0.717) is 5.91 Å². The van der Waals surface area contributed by atoms with Crippen LogP contribution in [-0.2, 0) is 4.79 Å². The molecule has 1 aliphatic heterocycles. The zero-order valence-electron chi connectivity index (χ0n) is 10.5.